The second-order valence-electron chi connectivity index (χ2n) is 4.15. The van der Waals surface area contributed by atoms with Crippen molar-refractivity contribution in [1.82, 2.24) is 0 Å². The molecule has 94 valence electrons. The van der Waals surface area contributed by atoms with E-state index in [4.69, 9.17) is 5.73 Å². The molecule has 1 nitrogen and oxygen atoms in total. The van der Waals surface area contributed by atoms with E-state index in [1.807, 2.05) is 0 Å². The molecule has 0 aliphatic carbocycles. The topological polar surface area (TPSA) is 26.0 Å². The molecule has 2 aromatic rings. The Morgan fingerprint density at radius 1 is 1.00 bits per heavy atom. The van der Waals surface area contributed by atoms with Gasteiger partial charge in [0.15, 0.2) is 0 Å². The molecule has 0 aliphatic heterocycles. The Morgan fingerprint density at radius 2 is 1.56 bits per heavy atom. The van der Waals surface area contributed by atoms with E-state index in [1.54, 1.807) is 31.2 Å². The van der Waals surface area contributed by atoms with Crippen LogP contribution in [-0.4, -0.2) is 0 Å². The monoisotopic (exact) mass is 311 g/mol. The second kappa shape index (κ2) is 5.16. The third-order valence-corrected chi connectivity index (χ3v) is 3.23. The van der Waals surface area contributed by atoms with Crippen molar-refractivity contribution in [3.63, 3.8) is 0 Å². The van der Waals surface area contributed by atoms with Crippen LogP contribution in [0.2, 0.25) is 0 Å². The van der Waals surface area contributed by atoms with Crippen molar-refractivity contribution >= 4 is 15.9 Å². The van der Waals surface area contributed by atoms with Gasteiger partial charge in [0.1, 0.15) is 11.6 Å². The number of hydrogen-bond acceptors (Lipinski definition) is 1. The van der Waals surface area contributed by atoms with Crippen molar-refractivity contribution in [3.05, 3.63) is 58.1 Å². The minimum atomic E-state index is -0.462. The predicted molar refractivity (Wildman–Crippen MR) is 72.1 cm³/mol. The van der Waals surface area contributed by atoms with E-state index in [1.165, 1.54) is 12.1 Å². The Morgan fingerprint density at radius 3 is 2.17 bits per heavy atom. The van der Waals surface area contributed by atoms with Gasteiger partial charge in [-0.2, -0.15) is 0 Å². The summed E-state index contributed by atoms with van der Waals surface area (Å²) in [5.74, 6) is -0.921. The number of hydrogen-bond donors (Lipinski definition) is 1. The maximum absolute atomic E-state index is 13.8. The van der Waals surface area contributed by atoms with Gasteiger partial charge < -0.3 is 5.73 Å². The fraction of sp³-hybridized carbons (Fsp3) is 0.143. The van der Waals surface area contributed by atoms with Gasteiger partial charge in [-0.1, -0.05) is 22.0 Å². The smallest absolute Gasteiger partial charge is 0.131 e. The summed E-state index contributed by atoms with van der Waals surface area (Å²) in [6, 6.07) is 8.72. The van der Waals surface area contributed by atoms with E-state index in [0.717, 1.165) is 5.56 Å². The van der Waals surface area contributed by atoms with Gasteiger partial charge in [-0.15, -0.1) is 0 Å². The summed E-state index contributed by atoms with van der Waals surface area (Å²) >= 11 is 3.25. The lowest BCUT2D eigenvalue weighted by atomic mass is 9.99. The third-order valence-electron chi connectivity index (χ3n) is 2.73. The van der Waals surface area contributed by atoms with Gasteiger partial charge in [0.2, 0.25) is 0 Å². The Labute approximate surface area is 113 Å². The molecule has 1 atom stereocenters. The van der Waals surface area contributed by atoms with E-state index < -0.39 is 11.6 Å². The standard InChI is InChI=1S/C14H12BrF2N/c1-8(18)9-2-4-13(16)11(6-9)12-7-10(15)3-5-14(12)17/h2-8H,18H2,1H3. The lowest BCUT2D eigenvalue weighted by Gasteiger charge is -2.10. The molecule has 1 unspecified atom stereocenters. The van der Waals surface area contributed by atoms with Crippen LogP contribution in [-0.2, 0) is 0 Å². The van der Waals surface area contributed by atoms with Crippen LogP contribution in [0.25, 0.3) is 11.1 Å². The Balaban J connectivity index is 2.62. The van der Waals surface area contributed by atoms with E-state index in [2.05, 4.69) is 15.9 Å². The second-order valence-corrected chi connectivity index (χ2v) is 5.07. The molecule has 18 heavy (non-hydrogen) atoms. The molecule has 2 N–H and O–H groups in total. The molecule has 0 fully saturated rings. The first-order valence-electron chi connectivity index (χ1n) is 5.49. The summed E-state index contributed by atoms with van der Waals surface area (Å²) in [5.41, 5.74) is 6.97. The van der Waals surface area contributed by atoms with Crippen LogP contribution < -0.4 is 5.73 Å². The first-order valence-corrected chi connectivity index (χ1v) is 6.29. The van der Waals surface area contributed by atoms with Crippen LogP contribution in [0, 0.1) is 11.6 Å². The summed E-state index contributed by atoms with van der Waals surface area (Å²) in [7, 11) is 0. The number of rotatable bonds is 2. The fourth-order valence-electron chi connectivity index (χ4n) is 1.74. The maximum atomic E-state index is 13.8. The Hall–Kier alpha value is -1.26. The number of benzene rings is 2. The molecule has 0 heterocycles. The molecule has 4 heteroatoms. The first-order chi connectivity index (χ1) is 8.49. The Kier molecular flexibility index (Phi) is 3.78. The van der Waals surface area contributed by atoms with E-state index in [-0.39, 0.29) is 17.2 Å². The molecular formula is C14H12BrF2N. The molecule has 0 bridgehead atoms. The average Bonchev–Trinajstić information content (AvgIpc) is 2.33. The summed E-state index contributed by atoms with van der Waals surface area (Å²) in [6.07, 6.45) is 0. The van der Waals surface area contributed by atoms with Gasteiger partial charge in [-0.05, 0) is 42.8 Å². The van der Waals surface area contributed by atoms with Gasteiger partial charge in [-0.25, -0.2) is 8.78 Å². The highest BCUT2D eigenvalue weighted by atomic mass is 79.9. The van der Waals surface area contributed by atoms with Gasteiger partial charge >= 0.3 is 0 Å². The molecular weight excluding hydrogens is 300 g/mol. The molecule has 0 saturated carbocycles. The average molecular weight is 312 g/mol. The highest BCUT2D eigenvalue weighted by molar-refractivity contribution is 9.10. The lowest BCUT2D eigenvalue weighted by molar-refractivity contribution is 0.615. The zero-order chi connectivity index (χ0) is 13.3. The molecule has 2 rings (SSSR count). The van der Waals surface area contributed by atoms with E-state index in [9.17, 15) is 8.78 Å². The van der Waals surface area contributed by atoms with Gasteiger partial charge in [-0.3, -0.25) is 0 Å². The van der Waals surface area contributed by atoms with Crippen LogP contribution in [0.15, 0.2) is 40.9 Å². The van der Waals surface area contributed by atoms with Gasteiger partial charge in [0.25, 0.3) is 0 Å². The first kappa shape index (κ1) is 13.2. The minimum Gasteiger partial charge on any atom is -0.324 e. The SMILES string of the molecule is CC(N)c1ccc(F)c(-c2cc(Br)ccc2F)c1. The normalized spacial score (nSPS) is 12.5. The van der Waals surface area contributed by atoms with Crippen molar-refractivity contribution in [2.75, 3.05) is 0 Å². The molecule has 0 amide bonds. The lowest BCUT2D eigenvalue weighted by Crippen LogP contribution is -2.05. The molecule has 0 spiro atoms. The van der Waals surface area contributed by atoms with Gasteiger partial charge in [0, 0.05) is 21.6 Å². The van der Waals surface area contributed by atoms with Crippen LogP contribution in [0.5, 0.6) is 0 Å². The summed E-state index contributed by atoms with van der Waals surface area (Å²) in [5, 5.41) is 0. The third kappa shape index (κ3) is 2.60. The summed E-state index contributed by atoms with van der Waals surface area (Å²) < 4.78 is 28.3. The summed E-state index contributed by atoms with van der Waals surface area (Å²) in [4.78, 5) is 0. The van der Waals surface area contributed by atoms with E-state index in [0.29, 0.717) is 4.47 Å². The van der Waals surface area contributed by atoms with Crippen molar-refractivity contribution in [2.45, 2.75) is 13.0 Å². The van der Waals surface area contributed by atoms with Crippen molar-refractivity contribution in [1.29, 1.82) is 0 Å². The quantitative estimate of drug-likeness (QED) is 0.873. The minimum absolute atomic E-state index is 0.223. The van der Waals surface area contributed by atoms with Crippen molar-refractivity contribution < 1.29 is 8.78 Å². The predicted octanol–water partition coefficient (Wildman–Crippen LogP) is 4.41. The molecule has 0 radical (unpaired) electrons. The van der Waals surface area contributed by atoms with Gasteiger partial charge in [0.05, 0.1) is 0 Å². The Bertz CT molecular complexity index is 582. The number of halogens is 3. The highest BCUT2D eigenvalue weighted by Gasteiger charge is 2.12. The summed E-state index contributed by atoms with van der Waals surface area (Å²) in [6.45, 7) is 1.80. The number of nitrogens with two attached hydrogens (primary N) is 1. The van der Waals surface area contributed by atoms with Crippen LogP contribution in [0.3, 0.4) is 0 Å². The molecule has 0 aliphatic rings. The highest BCUT2D eigenvalue weighted by Crippen LogP contribution is 2.30. The largest absolute Gasteiger partial charge is 0.324 e. The van der Waals surface area contributed by atoms with Crippen LogP contribution in [0.4, 0.5) is 8.78 Å². The maximum Gasteiger partial charge on any atom is 0.131 e. The van der Waals surface area contributed by atoms with Crippen LogP contribution >= 0.6 is 15.9 Å². The van der Waals surface area contributed by atoms with E-state index >= 15 is 0 Å². The zero-order valence-corrected chi connectivity index (χ0v) is 11.3. The van der Waals surface area contributed by atoms with Crippen LogP contribution in [0.1, 0.15) is 18.5 Å². The molecule has 0 saturated heterocycles. The molecule has 0 aromatic heterocycles. The molecule has 2 aromatic carbocycles. The fourth-order valence-corrected chi connectivity index (χ4v) is 2.10. The zero-order valence-electron chi connectivity index (χ0n) is 9.75. The van der Waals surface area contributed by atoms with Crippen molar-refractivity contribution in [3.8, 4) is 11.1 Å². The van der Waals surface area contributed by atoms with Crippen molar-refractivity contribution in [2.24, 2.45) is 5.73 Å².